The van der Waals surface area contributed by atoms with E-state index in [0.717, 1.165) is 6.26 Å². The summed E-state index contributed by atoms with van der Waals surface area (Å²) in [5.74, 6) is -0.579. The molecule has 0 unspecified atom stereocenters. The number of fused-ring (bicyclic) bond motifs is 1. The molecule has 0 aliphatic carbocycles. The summed E-state index contributed by atoms with van der Waals surface area (Å²) in [5, 5.41) is 9.58. The van der Waals surface area contributed by atoms with Crippen LogP contribution in [0.25, 0.3) is 22.2 Å². The minimum atomic E-state index is -3.66. The fourth-order valence-electron chi connectivity index (χ4n) is 5.46. The number of nitrogens with zero attached hydrogens (tertiary/aromatic N) is 8. The Bertz CT molecular complexity index is 1870. The van der Waals surface area contributed by atoms with Gasteiger partial charge in [0.05, 0.1) is 43.4 Å². The van der Waals surface area contributed by atoms with Crippen LogP contribution < -0.4 is 19.3 Å². The Labute approximate surface area is 264 Å². The van der Waals surface area contributed by atoms with Gasteiger partial charge in [-0.1, -0.05) is 0 Å². The molecule has 2 saturated heterocycles. The zero-order valence-electron chi connectivity index (χ0n) is 25.2. The number of ether oxygens (including phenoxy) is 2. The molecule has 2 aliphatic rings. The Hall–Kier alpha value is -4.74. The average Bonchev–Trinajstić information content (AvgIpc) is 3.04. The van der Waals surface area contributed by atoms with Crippen LogP contribution in [0.5, 0.6) is 5.88 Å². The Morgan fingerprint density at radius 3 is 2.33 bits per heavy atom. The van der Waals surface area contributed by atoms with Crippen LogP contribution in [0.4, 0.5) is 22.0 Å². The number of halogens is 1. The molecule has 2 aliphatic heterocycles. The van der Waals surface area contributed by atoms with Crippen LogP contribution in [0.2, 0.25) is 0 Å². The maximum absolute atomic E-state index is 15.3. The van der Waals surface area contributed by atoms with Gasteiger partial charge in [0, 0.05) is 75.4 Å². The lowest BCUT2D eigenvalue weighted by Crippen LogP contribution is -2.46. The van der Waals surface area contributed by atoms with Crippen molar-refractivity contribution in [1.29, 1.82) is 0 Å². The van der Waals surface area contributed by atoms with Crippen LogP contribution in [0, 0.1) is 5.82 Å². The lowest BCUT2D eigenvalue weighted by atomic mass is 10.0. The number of morpholine rings is 1. The summed E-state index contributed by atoms with van der Waals surface area (Å²) in [6, 6.07) is 4.42. The van der Waals surface area contributed by atoms with E-state index in [1.54, 1.807) is 6.07 Å². The molecule has 5 heterocycles. The summed E-state index contributed by atoms with van der Waals surface area (Å²) in [6.45, 7) is 4.99. The number of anilines is 3. The molecule has 6 rings (SSSR count). The number of benzene rings is 1. The van der Waals surface area contributed by atoms with Gasteiger partial charge in [0.15, 0.2) is 0 Å². The smallest absolute Gasteiger partial charge is 0.338 e. The van der Waals surface area contributed by atoms with Gasteiger partial charge in [-0.25, -0.2) is 42.5 Å². The summed E-state index contributed by atoms with van der Waals surface area (Å²) in [7, 11) is -2.27. The highest BCUT2D eigenvalue weighted by atomic mass is 32.2. The Balaban J connectivity index is 1.35. The van der Waals surface area contributed by atoms with Gasteiger partial charge in [0.1, 0.15) is 11.5 Å². The number of rotatable bonds is 9. The van der Waals surface area contributed by atoms with Crippen LogP contribution in [-0.2, 0) is 21.3 Å². The van der Waals surface area contributed by atoms with Gasteiger partial charge in [-0.3, -0.25) is 9.62 Å². The maximum atomic E-state index is 15.3. The highest BCUT2D eigenvalue weighted by molar-refractivity contribution is 7.92. The topological polar surface area (TPSA) is 176 Å². The summed E-state index contributed by atoms with van der Waals surface area (Å²) < 4.78 is 52.7. The fourth-order valence-corrected chi connectivity index (χ4v) is 6.00. The van der Waals surface area contributed by atoms with E-state index in [4.69, 9.17) is 24.5 Å². The summed E-state index contributed by atoms with van der Waals surface area (Å²) >= 11 is 0. The van der Waals surface area contributed by atoms with Crippen molar-refractivity contribution >= 4 is 44.5 Å². The monoisotopic (exact) mass is 653 g/mol. The molecule has 17 heteroatoms. The van der Waals surface area contributed by atoms with Crippen molar-refractivity contribution in [2.75, 3.05) is 80.4 Å². The molecule has 242 valence electrons. The number of methoxy groups -OCH3 is 1. The Kier molecular flexibility index (Phi) is 8.79. The SMILES string of the molecule is COc1ncc(-c2nc(N3CCOCC3)nc3c(CN4CCN(c5ncc(C(=O)O)cn5)CC4)cc(F)cc23)cc1NS(C)(=O)=O. The fraction of sp³-hybridized carbons (Fsp3) is 0.379. The molecule has 0 bridgehead atoms. The van der Waals surface area contributed by atoms with Gasteiger partial charge in [0.2, 0.25) is 27.8 Å². The van der Waals surface area contributed by atoms with Crippen LogP contribution in [-0.4, -0.2) is 115 Å². The van der Waals surface area contributed by atoms with E-state index in [2.05, 4.69) is 24.6 Å². The quantitative estimate of drug-likeness (QED) is 0.268. The molecular formula is C29H32FN9O6S. The van der Waals surface area contributed by atoms with Gasteiger partial charge >= 0.3 is 5.97 Å². The maximum Gasteiger partial charge on any atom is 0.338 e. The van der Waals surface area contributed by atoms with E-state index in [1.165, 1.54) is 37.8 Å². The minimum Gasteiger partial charge on any atom is -0.480 e. The number of hydrogen-bond acceptors (Lipinski definition) is 13. The molecule has 0 radical (unpaired) electrons. The minimum absolute atomic E-state index is 0.0199. The first-order chi connectivity index (χ1) is 22.1. The molecular weight excluding hydrogens is 621 g/mol. The second-order valence-corrected chi connectivity index (χ2v) is 12.7. The molecule has 2 fully saturated rings. The molecule has 0 atom stereocenters. The van der Waals surface area contributed by atoms with E-state index in [1.807, 2.05) is 9.80 Å². The molecule has 15 nitrogen and oxygen atoms in total. The summed E-state index contributed by atoms with van der Waals surface area (Å²) in [5.41, 5.74) is 2.22. The van der Waals surface area contributed by atoms with Crippen molar-refractivity contribution in [2.24, 2.45) is 0 Å². The molecule has 0 amide bonds. The Morgan fingerprint density at radius 2 is 1.67 bits per heavy atom. The number of hydrogen-bond donors (Lipinski definition) is 2. The lowest BCUT2D eigenvalue weighted by Gasteiger charge is -2.35. The van der Waals surface area contributed by atoms with E-state index in [0.29, 0.717) is 98.6 Å². The first kappa shape index (κ1) is 31.3. The third kappa shape index (κ3) is 6.90. The van der Waals surface area contributed by atoms with Crippen molar-refractivity contribution in [3.63, 3.8) is 0 Å². The van der Waals surface area contributed by atoms with E-state index < -0.39 is 21.8 Å². The zero-order chi connectivity index (χ0) is 32.4. The van der Waals surface area contributed by atoms with Crippen LogP contribution >= 0.6 is 0 Å². The van der Waals surface area contributed by atoms with Crippen molar-refractivity contribution < 1.29 is 32.2 Å². The van der Waals surface area contributed by atoms with Crippen molar-refractivity contribution in [3.8, 4) is 17.1 Å². The Morgan fingerprint density at radius 1 is 0.978 bits per heavy atom. The van der Waals surface area contributed by atoms with Gasteiger partial charge < -0.3 is 24.4 Å². The molecule has 46 heavy (non-hydrogen) atoms. The molecule has 0 spiro atoms. The van der Waals surface area contributed by atoms with Gasteiger partial charge in [-0.15, -0.1) is 0 Å². The second kappa shape index (κ2) is 12.9. The summed E-state index contributed by atoms with van der Waals surface area (Å²) in [4.78, 5) is 39.8. The van der Waals surface area contributed by atoms with Gasteiger partial charge in [-0.05, 0) is 23.8 Å². The first-order valence-electron chi connectivity index (χ1n) is 14.5. The summed E-state index contributed by atoms with van der Waals surface area (Å²) in [6.07, 6.45) is 5.11. The van der Waals surface area contributed by atoms with Crippen molar-refractivity contribution in [1.82, 2.24) is 29.8 Å². The number of aromatic carboxylic acids is 1. The largest absolute Gasteiger partial charge is 0.480 e. The number of pyridine rings is 1. The highest BCUT2D eigenvalue weighted by Gasteiger charge is 2.24. The number of piperazine rings is 1. The number of sulfonamides is 1. The number of carboxylic acid groups (broad SMARTS) is 1. The third-order valence-electron chi connectivity index (χ3n) is 7.67. The third-order valence-corrected chi connectivity index (χ3v) is 8.26. The van der Waals surface area contributed by atoms with Crippen molar-refractivity contribution in [2.45, 2.75) is 6.54 Å². The number of carboxylic acids is 1. The lowest BCUT2D eigenvalue weighted by molar-refractivity contribution is 0.0696. The van der Waals surface area contributed by atoms with E-state index in [9.17, 15) is 13.2 Å². The van der Waals surface area contributed by atoms with Crippen LogP contribution in [0.15, 0.2) is 36.8 Å². The average molecular weight is 654 g/mol. The molecule has 1 aromatic carbocycles. The molecule has 4 aromatic rings. The normalized spacial score (nSPS) is 16.1. The molecule has 0 saturated carbocycles. The standard InChI is InChI=1S/C29H32FN9O6S/c1-44-26-23(36-46(2,42)43)12-18(14-31-26)24-22-13-21(30)11-19(25(22)35-29(34-24)39-7-9-45-10-8-39)17-37-3-5-38(6-4-37)28-32-15-20(16-33-28)27(40)41/h11-16,36H,3-10,17H2,1-2H3,(H,40,41). The number of aromatic nitrogens is 5. The second-order valence-electron chi connectivity index (χ2n) is 10.9. The predicted molar refractivity (Wildman–Crippen MR) is 167 cm³/mol. The van der Waals surface area contributed by atoms with Crippen molar-refractivity contribution in [3.05, 3.63) is 53.7 Å². The molecule has 2 N–H and O–H groups in total. The van der Waals surface area contributed by atoms with Gasteiger partial charge in [0.25, 0.3) is 0 Å². The van der Waals surface area contributed by atoms with Gasteiger partial charge in [-0.2, -0.15) is 0 Å². The van der Waals surface area contributed by atoms with Crippen LogP contribution in [0.1, 0.15) is 15.9 Å². The van der Waals surface area contributed by atoms with Crippen LogP contribution in [0.3, 0.4) is 0 Å². The molecule has 3 aromatic heterocycles. The zero-order valence-corrected chi connectivity index (χ0v) is 26.0. The number of carbonyl (C=O) groups is 1. The van der Waals surface area contributed by atoms with E-state index >= 15 is 4.39 Å². The number of nitrogens with one attached hydrogen (secondary N) is 1. The highest BCUT2D eigenvalue weighted by Crippen LogP contribution is 2.35. The first-order valence-corrected chi connectivity index (χ1v) is 16.3. The predicted octanol–water partition coefficient (Wildman–Crippen LogP) is 1.86. The van der Waals surface area contributed by atoms with E-state index in [-0.39, 0.29) is 17.1 Å².